The Morgan fingerprint density at radius 2 is 2.17 bits per heavy atom. The normalized spacial score (nSPS) is 21.0. The van der Waals surface area contributed by atoms with Gasteiger partial charge in [-0.2, -0.15) is 0 Å². The zero-order valence-corrected chi connectivity index (χ0v) is 14.0. The number of rotatable bonds is 5. The number of carbonyl (C=O) groups excluding carboxylic acids is 1. The number of urea groups is 1. The average Bonchev–Trinajstić information content (AvgIpc) is 3.02. The Morgan fingerprint density at radius 3 is 2.88 bits per heavy atom. The number of carbonyl (C=O) groups is 1. The van der Waals surface area contributed by atoms with Crippen molar-refractivity contribution in [2.75, 3.05) is 19.7 Å². The van der Waals surface area contributed by atoms with E-state index in [0.717, 1.165) is 30.6 Å². The Bertz CT molecular complexity index is 596. The number of nitrogens with one attached hydrogen (secondary N) is 1. The minimum Gasteiger partial charge on any atom is -0.487 e. The Kier molecular flexibility index (Phi) is 5.09. The maximum absolute atomic E-state index is 12.6. The second-order valence-corrected chi connectivity index (χ2v) is 6.69. The molecule has 0 saturated heterocycles. The third kappa shape index (κ3) is 3.41. The molecule has 1 atom stereocenters. The van der Waals surface area contributed by atoms with Crippen molar-refractivity contribution in [1.29, 1.82) is 0 Å². The second-order valence-electron chi connectivity index (χ2n) is 6.69. The first-order chi connectivity index (χ1) is 11.7. The molecule has 1 aromatic rings. The van der Waals surface area contributed by atoms with E-state index < -0.39 is 0 Å². The molecular formula is C19H26N2O3. The van der Waals surface area contributed by atoms with E-state index in [0.29, 0.717) is 13.1 Å². The molecule has 3 rings (SSSR count). The minimum absolute atomic E-state index is 0.0600. The fraction of sp³-hybridized carbons (Fsp3) is 0.526. The SMILES string of the molecule is C=CCN(CCO)C(=O)NC1CC2(CCCC2)Oc2ccccc21. The standard InChI is InChI=1S/C19H26N2O3/c1-2-11-21(12-13-22)18(23)20-16-14-19(9-5-6-10-19)24-17-8-4-3-7-15(16)17/h2-4,7-8,16,22H,1,5-6,9-14H2,(H,20,23). The Hall–Kier alpha value is -2.01. The smallest absolute Gasteiger partial charge is 0.318 e. The third-order valence-corrected chi connectivity index (χ3v) is 5.02. The van der Waals surface area contributed by atoms with Gasteiger partial charge in [-0.05, 0) is 31.7 Å². The number of hydrogen-bond acceptors (Lipinski definition) is 3. The predicted molar refractivity (Wildman–Crippen MR) is 93.0 cm³/mol. The van der Waals surface area contributed by atoms with E-state index in [4.69, 9.17) is 9.84 Å². The van der Waals surface area contributed by atoms with Crippen molar-refractivity contribution in [3.05, 3.63) is 42.5 Å². The number of ether oxygens (including phenoxy) is 1. The van der Waals surface area contributed by atoms with Crippen LogP contribution in [-0.2, 0) is 0 Å². The lowest BCUT2D eigenvalue weighted by atomic mass is 9.86. The van der Waals surface area contributed by atoms with Crippen LogP contribution < -0.4 is 10.1 Å². The van der Waals surface area contributed by atoms with Crippen LogP contribution in [0.2, 0.25) is 0 Å². The number of nitrogens with zero attached hydrogens (tertiary/aromatic N) is 1. The van der Waals surface area contributed by atoms with Crippen LogP contribution in [0.15, 0.2) is 36.9 Å². The van der Waals surface area contributed by atoms with Crippen molar-refractivity contribution < 1.29 is 14.6 Å². The Morgan fingerprint density at radius 1 is 1.42 bits per heavy atom. The van der Waals surface area contributed by atoms with E-state index in [1.807, 2.05) is 24.3 Å². The topological polar surface area (TPSA) is 61.8 Å². The predicted octanol–water partition coefficient (Wildman–Crippen LogP) is 3.01. The van der Waals surface area contributed by atoms with Crippen molar-refractivity contribution in [3.8, 4) is 5.75 Å². The first-order valence-corrected chi connectivity index (χ1v) is 8.72. The summed E-state index contributed by atoms with van der Waals surface area (Å²) in [5.74, 6) is 0.883. The lowest BCUT2D eigenvalue weighted by Gasteiger charge is -2.40. The molecule has 0 aromatic heterocycles. The highest BCUT2D eigenvalue weighted by molar-refractivity contribution is 5.75. The largest absolute Gasteiger partial charge is 0.487 e. The molecule has 5 nitrogen and oxygen atoms in total. The van der Waals surface area contributed by atoms with Gasteiger partial charge >= 0.3 is 6.03 Å². The molecule has 2 amide bonds. The highest BCUT2D eigenvalue weighted by Gasteiger charge is 2.43. The van der Waals surface area contributed by atoms with E-state index in [2.05, 4.69) is 11.9 Å². The van der Waals surface area contributed by atoms with Crippen molar-refractivity contribution in [1.82, 2.24) is 10.2 Å². The van der Waals surface area contributed by atoms with Gasteiger partial charge in [-0.1, -0.05) is 24.3 Å². The van der Waals surface area contributed by atoms with Gasteiger partial charge in [-0.25, -0.2) is 4.79 Å². The van der Waals surface area contributed by atoms with Gasteiger partial charge < -0.3 is 20.1 Å². The number of amides is 2. The molecule has 1 aliphatic heterocycles. The van der Waals surface area contributed by atoms with Crippen LogP contribution in [0.4, 0.5) is 4.79 Å². The number of benzene rings is 1. The summed E-state index contributed by atoms with van der Waals surface area (Å²) in [6, 6.07) is 7.73. The number of hydrogen-bond donors (Lipinski definition) is 2. The van der Waals surface area contributed by atoms with Gasteiger partial charge in [0.05, 0.1) is 12.6 Å². The highest BCUT2D eigenvalue weighted by atomic mass is 16.5. The molecule has 1 heterocycles. The molecule has 5 heteroatoms. The van der Waals surface area contributed by atoms with Gasteiger partial charge in [0, 0.05) is 25.1 Å². The average molecular weight is 330 g/mol. The van der Waals surface area contributed by atoms with E-state index in [-0.39, 0.29) is 24.3 Å². The molecule has 0 radical (unpaired) electrons. The van der Waals surface area contributed by atoms with E-state index in [1.165, 1.54) is 12.8 Å². The van der Waals surface area contributed by atoms with Crippen molar-refractivity contribution in [3.63, 3.8) is 0 Å². The van der Waals surface area contributed by atoms with Crippen molar-refractivity contribution in [2.45, 2.75) is 43.7 Å². The summed E-state index contributed by atoms with van der Waals surface area (Å²) in [4.78, 5) is 14.2. The maximum atomic E-state index is 12.6. The molecule has 1 fully saturated rings. The Balaban J connectivity index is 1.80. The summed E-state index contributed by atoms with van der Waals surface area (Å²) >= 11 is 0. The molecule has 24 heavy (non-hydrogen) atoms. The van der Waals surface area contributed by atoms with Gasteiger partial charge in [0.1, 0.15) is 11.4 Å². The van der Waals surface area contributed by atoms with E-state index in [9.17, 15) is 4.79 Å². The van der Waals surface area contributed by atoms with Gasteiger partial charge in [0.15, 0.2) is 0 Å². The summed E-state index contributed by atoms with van der Waals surface area (Å²) < 4.78 is 6.33. The van der Waals surface area contributed by atoms with Crippen LogP contribution in [-0.4, -0.2) is 41.3 Å². The van der Waals surface area contributed by atoms with Gasteiger partial charge in [-0.15, -0.1) is 6.58 Å². The maximum Gasteiger partial charge on any atom is 0.318 e. The molecule has 0 bridgehead atoms. The van der Waals surface area contributed by atoms with Crippen LogP contribution in [0.1, 0.15) is 43.7 Å². The second kappa shape index (κ2) is 7.26. The highest BCUT2D eigenvalue weighted by Crippen LogP contribution is 2.46. The fourth-order valence-electron chi connectivity index (χ4n) is 3.87. The molecule has 1 aliphatic carbocycles. The first-order valence-electron chi connectivity index (χ1n) is 8.72. The monoisotopic (exact) mass is 330 g/mol. The molecular weight excluding hydrogens is 304 g/mol. The fourth-order valence-corrected chi connectivity index (χ4v) is 3.87. The number of aliphatic hydroxyl groups is 1. The van der Waals surface area contributed by atoms with Crippen molar-refractivity contribution in [2.24, 2.45) is 0 Å². The van der Waals surface area contributed by atoms with Gasteiger partial charge in [0.2, 0.25) is 0 Å². The van der Waals surface area contributed by atoms with Crippen LogP contribution in [0.5, 0.6) is 5.75 Å². The molecule has 130 valence electrons. The summed E-state index contributed by atoms with van der Waals surface area (Å²) in [5.41, 5.74) is 0.887. The van der Waals surface area contributed by atoms with Crippen molar-refractivity contribution >= 4 is 6.03 Å². The van der Waals surface area contributed by atoms with E-state index in [1.54, 1.807) is 11.0 Å². The lowest BCUT2D eigenvalue weighted by Crippen LogP contribution is -2.47. The number of fused-ring (bicyclic) bond motifs is 1. The molecule has 2 aliphatic rings. The molecule has 2 N–H and O–H groups in total. The van der Waals surface area contributed by atoms with Crippen LogP contribution in [0.25, 0.3) is 0 Å². The molecule has 1 saturated carbocycles. The van der Waals surface area contributed by atoms with Crippen LogP contribution in [0, 0.1) is 0 Å². The summed E-state index contributed by atoms with van der Waals surface area (Å²) in [6.45, 7) is 4.34. The van der Waals surface area contributed by atoms with Gasteiger partial charge in [-0.3, -0.25) is 0 Å². The van der Waals surface area contributed by atoms with Crippen LogP contribution in [0.3, 0.4) is 0 Å². The first kappa shape index (κ1) is 16.8. The third-order valence-electron chi connectivity index (χ3n) is 5.02. The molecule has 1 spiro atoms. The summed E-state index contributed by atoms with van der Waals surface area (Å²) in [6.07, 6.45) is 6.91. The lowest BCUT2D eigenvalue weighted by molar-refractivity contribution is 0.0375. The number of aliphatic hydroxyl groups excluding tert-OH is 1. The minimum atomic E-state index is -0.168. The number of para-hydroxylation sites is 1. The zero-order valence-electron chi connectivity index (χ0n) is 14.0. The van der Waals surface area contributed by atoms with E-state index >= 15 is 0 Å². The quantitative estimate of drug-likeness (QED) is 0.816. The zero-order chi connectivity index (χ0) is 17.0. The van der Waals surface area contributed by atoms with Crippen LogP contribution >= 0.6 is 0 Å². The van der Waals surface area contributed by atoms with Gasteiger partial charge in [0.25, 0.3) is 0 Å². The summed E-state index contributed by atoms with van der Waals surface area (Å²) in [7, 11) is 0. The molecule has 1 aromatic carbocycles. The Labute approximate surface area is 143 Å². The molecule has 1 unspecified atom stereocenters. The summed E-state index contributed by atoms with van der Waals surface area (Å²) in [5, 5.41) is 12.3.